The summed E-state index contributed by atoms with van der Waals surface area (Å²) in [5.41, 5.74) is 3.95. The van der Waals surface area contributed by atoms with Gasteiger partial charge < -0.3 is 10.2 Å². The number of nitrogens with zero attached hydrogens (tertiary/aromatic N) is 1. The molecule has 0 spiro atoms. The molecule has 0 radical (unpaired) electrons. The van der Waals surface area contributed by atoms with Gasteiger partial charge in [0.2, 0.25) is 0 Å². The summed E-state index contributed by atoms with van der Waals surface area (Å²) in [4.78, 5) is 3.99. The van der Waals surface area contributed by atoms with Gasteiger partial charge in [-0.2, -0.15) is 0 Å². The molecule has 2 aromatic rings. The Morgan fingerprint density at radius 2 is 2.19 bits per heavy atom. The number of halogens is 1. The molecule has 0 unspecified atom stereocenters. The standard InChI is InChI=1S/C17H21ClN2S/c1-12(2)19-10-14-15(18)4-3-5-16(14)20-8-6-17-13(11-20)7-9-21-17/h3-5,7,9,12,19H,6,8,10-11H2,1-2H3. The van der Waals surface area contributed by atoms with Crippen LogP contribution in [0.1, 0.15) is 29.9 Å². The smallest absolute Gasteiger partial charge is 0.0471 e. The van der Waals surface area contributed by atoms with Gasteiger partial charge >= 0.3 is 0 Å². The number of hydrogen-bond acceptors (Lipinski definition) is 3. The summed E-state index contributed by atoms with van der Waals surface area (Å²) in [7, 11) is 0. The van der Waals surface area contributed by atoms with Crippen molar-refractivity contribution in [3.8, 4) is 0 Å². The minimum absolute atomic E-state index is 0.457. The first-order valence-electron chi connectivity index (χ1n) is 7.46. The Labute approximate surface area is 135 Å². The third-order valence-electron chi connectivity index (χ3n) is 3.93. The van der Waals surface area contributed by atoms with Crippen LogP contribution in [0.25, 0.3) is 0 Å². The predicted molar refractivity (Wildman–Crippen MR) is 92.5 cm³/mol. The zero-order chi connectivity index (χ0) is 14.8. The van der Waals surface area contributed by atoms with Gasteiger partial charge in [-0.25, -0.2) is 0 Å². The zero-order valence-electron chi connectivity index (χ0n) is 12.5. The monoisotopic (exact) mass is 320 g/mol. The number of anilines is 1. The van der Waals surface area contributed by atoms with Gasteiger partial charge in [-0.05, 0) is 35.6 Å². The van der Waals surface area contributed by atoms with Crippen LogP contribution in [0.15, 0.2) is 29.6 Å². The predicted octanol–water partition coefficient (Wildman–Crippen LogP) is 4.46. The van der Waals surface area contributed by atoms with Crippen molar-refractivity contribution in [1.29, 1.82) is 0 Å². The molecule has 1 aromatic carbocycles. The molecule has 0 bridgehead atoms. The maximum absolute atomic E-state index is 6.45. The highest BCUT2D eigenvalue weighted by molar-refractivity contribution is 7.10. The van der Waals surface area contributed by atoms with Gasteiger partial charge in [-0.1, -0.05) is 31.5 Å². The molecule has 0 saturated carbocycles. The SMILES string of the molecule is CC(C)NCc1c(Cl)cccc1N1CCc2sccc2C1. The lowest BCUT2D eigenvalue weighted by Crippen LogP contribution is -2.31. The molecule has 4 heteroatoms. The van der Waals surface area contributed by atoms with Gasteiger partial charge in [0, 0.05) is 46.8 Å². The van der Waals surface area contributed by atoms with E-state index in [1.165, 1.54) is 21.7 Å². The van der Waals surface area contributed by atoms with E-state index in [1.54, 1.807) is 0 Å². The van der Waals surface area contributed by atoms with Gasteiger partial charge in [-0.15, -0.1) is 11.3 Å². The second kappa shape index (κ2) is 6.39. The molecule has 0 fully saturated rings. The highest BCUT2D eigenvalue weighted by atomic mass is 35.5. The highest BCUT2D eigenvalue weighted by Crippen LogP contribution is 2.32. The highest BCUT2D eigenvalue weighted by Gasteiger charge is 2.20. The molecule has 1 aliphatic rings. The van der Waals surface area contributed by atoms with Crippen LogP contribution in [0.4, 0.5) is 5.69 Å². The molecule has 1 aromatic heterocycles. The van der Waals surface area contributed by atoms with Crippen LogP contribution < -0.4 is 10.2 Å². The summed E-state index contributed by atoms with van der Waals surface area (Å²) in [5, 5.41) is 6.55. The molecule has 2 heterocycles. The van der Waals surface area contributed by atoms with E-state index >= 15 is 0 Å². The van der Waals surface area contributed by atoms with Gasteiger partial charge in [0.25, 0.3) is 0 Å². The number of rotatable bonds is 4. The lowest BCUT2D eigenvalue weighted by molar-refractivity contribution is 0.587. The zero-order valence-corrected chi connectivity index (χ0v) is 14.1. The number of thiophene rings is 1. The molecule has 0 saturated heterocycles. The summed E-state index contributed by atoms with van der Waals surface area (Å²) in [6, 6.07) is 8.95. The van der Waals surface area contributed by atoms with Crippen molar-refractivity contribution in [2.45, 2.75) is 39.4 Å². The second-order valence-corrected chi connectivity index (χ2v) is 7.22. The maximum Gasteiger partial charge on any atom is 0.0471 e. The molecular formula is C17H21ClN2S. The van der Waals surface area contributed by atoms with Gasteiger partial charge in [0.1, 0.15) is 0 Å². The average molecular weight is 321 g/mol. The summed E-state index contributed by atoms with van der Waals surface area (Å²) < 4.78 is 0. The second-order valence-electron chi connectivity index (χ2n) is 5.81. The van der Waals surface area contributed by atoms with E-state index < -0.39 is 0 Å². The molecule has 1 aliphatic heterocycles. The molecule has 0 amide bonds. The van der Waals surface area contributed by atoms with Crippen LogP contribution in [0.2, 0.25) is 5.02 Å². The van der Waals surface area contributed by atoms with E-state index in [2.05, 4.69) is 47.6 Å². The van der Waals surface area contributed by atoms with E-state index in [1.807, 2.05) is 17.4 Å². The Morgan fingerprint density at radius 1 is 1.33 bits per heavy atom. The van der Waals surface area contributed by atoms with E-state index in [4.69, 9.17) is 11.6 Å². The Bertz CT molecular complexity index is 621. The molecule has 112 valence electrons. The van der Waals surface area contributed by atoms with Crippen molar-refractivity contribution < 1.29 is 0 Å². The lowest BCUT2D eigenvalue weighted by Gasteiger charge is -2.31. The lowest BCUT2D eigenvalue weighted by atomic mass is 10.1. The summed E-state index contributed by atoms with van der Waals surface area (Å²) in [5.74, 6) is 0. The van der Waals surface area contributed by atoms with Crippen LogP contribution in [-0.4, -0.2) is 12.6 Å². The van der Waals surface area contributed by atoms with Crippen molar-refractivity contribution in [2.75, 3.05) is 11.4 Å². The summed E-state index contributed by atoms with van der Waals surface area (Å²) >= 11 is 8.33. The van der Waals surface area contributed by atoms with Crippen molar-refractivity contribution in [1.82, 2.24) is 5.32 Å². The van der Waals surface area contributed by atoms with Crippen molar-refractivity contribution in [3.05, 3.63) is 50.7 Å². The minimum atomic E-state index is 0.457. The summed E-state index contributed by atoms with van der Waals surface area (Å²) in [6.45, 7) is 7.21. The third-order valence-corrected chi connectivity index (χ3v) is 5.31. The third kappa shape index (κ3) is 3.25. The minimum Gasteiger partial charge on any atom is -0.366 e. The molecule has 3 rings (SSSR count). The van der Waals surface area contributed by atoms with E-state index in [0.717, 1.165) is 31.1 Å². The number of nitrogens with one attached hydrogen (secondary N) is 1. The Hall–Kier alpha value is -1.03. The fourth-order valence-electron chi connectivity index (χ4n) is 2.78. The molecular weight excluding hydrogens is 300 g/mol. The fraction of sp³-hybridized carbons (Fsp3) is 0.412. The molecule has 21 heavy (non-hydrogen) atoms. The van der Waals surface area contributed by atoms with E-state index in [0.29, 0.717) is 6.04 Å². The Morgan fingerprint density at radius 3 is 3.00 bits per heavy atom. The Kier molecular flexibility index (Phi) is 4.53. The Balaban J connectivity index is 1.86. The van der Waals surface area contributed by atoms with Crippen LogP contribution in [0, 0.1) is 0 Å². The summed E-state index contributed by atoms with van der Waals surface area (Å²) in [6.07, 6.45) is 1.14. The number of hydrogen-bond donors (Lipinski definition) is 1. The largest absolute Gasteiger partial charge is 0.366 e. The molecule has 1 N–H and O–H groups in total. The molecule has 0 atom stereocenters. The fourth-order valence-corrected chi connectivity index (χ4v) is 3.90. The molecule has 0 aliphatic carbocycles. The first-order valence-corrected chi connectivity index (χ1v) is 8.72. The molecule has 2 nitrogen and oxygen atoms in total. The van der Waals surface area contributed by atoms with Crippen LogP contribution >= 0.6 is 22.9 Å². The van der Waals surface area contributed by atoms with Crippen molar-refractivity contribution in [2.24, 2.45) is 0 Å². The van der Waals surface area contributed by atoms with Crippen molar-refractivity contribution in [3.63, 3.8) is 0 Å². The van der Waals surface area contributed by atoms with Crippen molar-refractivity contribution >= 4 is 28.6 Å². The van der Waals surface area contributed by atoms with Crippen LogP contribution in [0.5, 0.6) is 0 Å². The maximum atomic E-state index is 6.45. The van der Waals surface area contributed by atoms with Crippen LogP contribution in [0.3, 0.4) is 0 Å². The van der Waals surface area contributed by atoms with E-state index in [9.17, 15) is 0 Å². The number of fused-ring (bicyclic) bond motifs is 1. The van der Waals surface area contributed by atoms with Gasteiger partial charge in [0.05, 0.1) is 0 Å². The normalized spacial score (nSPS) is 14.6. The topological polar surface area (TPSA) is 15.3 Å². The quantitative estimate of drug-likeness (QED) is 0.894. The average Bonchev–Trinajstić information content (AvgIpc) is 2.92. The van der Waals surface area contributed by atoms with Gasteiger partial charge in [-0.3, -0.25) is 0 Å². The first-order chi connectivity index (χ1) is 10.1. The first kappa shape index (κ1) is 14.9. The number of benzene rings is 1. The van der Waals surface area contributed by atoms with Gasteiger partial charge in [0.15, 0.2) is 0 Å². The van der Waals surface area contributed by atoms with Crippen LogP contribution in [-0.2, 0) is 19.5 Å². The van der Waals surface area contributed by atoms with E-state index in [-0.39, 0.29) is 0 Å².